The Bertz CT molecular complexity index is 497. The van der Waals surface area contributed by atoms with Crippen molar-refractivity contribution in [2.45, 2.75) is 13.5 Å². The molecule has 0 aliphatic rings. The molecule has 0 heterocycles. The SMILES string of the molecule is CCOCOc1ccc2ccccc2c1CN. The molecule has 17 heavy (non-hydrogen) atoms. The zero-order chi connectivity index (χ0) is 12.1. The van der Waals surface area contributed by atoms with Crippen LogP contribution in [0.5, 0.6) is 5.75 Å². The Labute approximate surface area is 101 Å². The zero-order valence-corrected chi connectivity index (χ0v) is 9.98. The highest BCUT2D eigenvalue weighted by molar-refractivity contribution is 5.87. The van der Waals surface area contributed by atoms with E-state index in [1.807, 2.05) is 31.2 Å². The minimum atomic E-state index is 0.266. The summed E-state index contributed by atoms with van der Waals surface area (Å²) in [4.78, 5) is 0. The molecule has 2 aromatic carbocycles. The van der Waals surface area contributed by atoms with Gasteiger partial charge in [-0.2, -0.15) is 0 Å². The van der Waals surface area contributed by atoms with Crippen LogP contribution in [0, 0.1) is 0 Å². The van der Waals surface area contributed by atoms with Gasteiger partial charge >= 0.3 is 0 Å². The Hall–Kier alpha value is -1.58. The van der Waals surface area contributed by atoms with Gasteiger partial charge < -0.3 is 15.2 Å². The molecule has 2 aromatic rings. The maximum atomic E-state index is 5.80. The third-order valence-electron chi connectivity index (χ3n) is 2.70. The molecule has 3 nitrogen and oxygen atoms in total. The first-order valence-electron chi connectivity index (χ1n) is 5.78. The van der Waals surface area contributed by atoms with E-state index in [4.69, 9.17) is 15.2 Å². The van der Waals surface area contributed by atoms with Crippen molar-refractivity contribution >= 4 is 10.8 Å². The fraction of sp³-hybridized carbons (Fsp3) is 0.286. The summed E-state index contributed by atoms with van der Waals surface area (Å²) in [7, 11) is 0. The fourth-order valence-electron chi connectivity index (χ4n) is 1.85. The maximum Gasteiger partial charge on any atom is 0.189 e. The predicted octanol–water partition coefficient (Wildman–Crippen LogP) is 2.67. The summed E-state index contributed by atoms with van der Waals surface area (Å²) in [6.45, 7) is 3.31. The molecule has 0 fully saturated rings. The van der Waals surface area contributed by atoms with E-state index in [9.17, 15) is 0 Å². The van der Waals surface area contributed by atoms with Crippen LogP contribution in [-0.2, 0) is 11.3 Å². The van der Waals surface area contributed by atoms with E-state index in [1.54, 1.807) is 0 Å². The first-order valence-corrected chi connectivity index (χ1v) is 5.78. The molecule has 0 aliphatic carbocycles. The van der Waals surface area contributed by atoms with Crippen molar-refractivity contribution in [2.75, 3.05) is 13.4 Å². The number of hydrogen-bond acceptors (Lipinski definition) is 3. The van der Waals surface area contributed by atoms with Crippen LogP contribution in [0.4, 0.5) is 0 Å². The molecule has 0 radical (unpaired) electrons. The fourth-order valence-corrected chi connectivity index (χ4v) is 1.85. The van der Waals surface area contributed by atoms with Crippen LogP contribution in [0.1, 0.15) is 12.5 Å². The van der Waals surface area contributed by atoms with Gasteiger partial charge in [0.1, 0.15) is 5.75 Å². The van der Waals surface area contributed by atoms with Crippen LogP contribution in [0.25, 0.3) is 10.8 Å². The second-order valence-corrected chi connectivity index (χ2v) is 3.72. The second-order valence-electron chi connectivity index (χ2n) is 3.72. The van der Waals surface area contributed by atoms with Crippen molar-refractivity contribution < 1.29 is 9.47 Å². The summed E-state index contributed by atoms with van der Waals surface area (Å²) in [5.74, 6) is 0.805. The van der Waals surface area contributed by atoms with Crippen molar-refractivity contribution in [1.29, 1.82) is 0 Å². The van der Waals surface area contributed by atoms with Gasteiger partial charge in [-0.3, -0.25) is 0 Å². The summed E-state index contributed by atoms with van der Waals surface area (Å²) in [5, 5.41) is 2.32. The van der Waals surface area contributed by atoms with Crippen LogP contribution in [0.2, 0.25) is 0 Å². The van der Waals surface area contributed by atoms with Gasteiger partial charge in [-0.05, 0) is 23.8 Å². The lowest BCUT2D eigenvalue weighted by atomic mass is 10.0. The van der Waals surface area contributed by atoms with Crippen molar-refractivity contribution in [1.82, 2.24) is 0 Å². The van der Waals surface area contributed by atoms with Crippen LogP contribution in [0.15, 0.2) is 36.4 Å². The largest absolute Gasteiger partial charge is 0.467 e. The molecule has 2 N–H and O–H groups in total. The Morgan fingerprint density at radius 1 is 1.12 bits per heavy atom. The minimum Gasteiger partial charge on any atom is -0.467 e. The molecular formula is C14H17NO2. The molecular weight excluding hydrogens is 214 g/mol. The van der Waals surface area contributed by atoms with Gasteiger partial charge in [0.25, 0.3) is 0 Å². The molecule has 0 amide bonds. The number of nitrogens with two attached hydrogens (primary N) is 1. The normalized spacial score (nSPS) is 10.7. The Morgan fingerprint density at radius 3 is 2.71 bits per heavy atom. The molecule has 2 rings (SSSR count). The Kier molecular flexibility index (Phi) is 3.96. The minimum absolute atomic E-state index is 0.266. The summed E-state index contributed by atoms with van der Waals surface area (Å²) in [6, 6.07) is 12.1. The highest BCUT2D eigenvalue weighted by Crippen LogP contribution is 2.27. The number of ether oxygens (including phenoxy) is 2. The summed E-state index contributed by atoms with van der Waals surface area (Å²) in [5.41, 5.74) is 6.83. The quantitative estimate of drug-likeness (QED) is 0.635. The van der Waals surface area contributed by atoms with Crippen molar-refractivity contribution in [3.8, 4) is 5.75 Å². The molecule has 0 saturated carbocycles. The van der Waals surface area contributed by atoms with Crippen molar-refractivity contribution in [3.63, 3.8) is 0 Å². The third-order valence-corrected chi connectivity index (χ3v) is 2.70. The standard InChI is InChI=1S/C14H17NO2/c1-2-16-10-17-14-8-7-11-5-3-4-6-12(11)13(14)9-15/h3-8H,2,9-10,15H2,1H3. The van der Waals surface area contributed by atoms with Crippen LogP contribution in [-0.4, -0.2) is 13.4 Å². The smallest absolute Gasteiger partial charge is 0.189 e. The summed E-state index contributed by atoms with van der Waals surface area (Å²) in [6.07, 6.45) is 0. The Morgan fingerprint density at radius 2 is 1.94 bits per heavy atom. The van der Waals surface area contributed by atoms with E-state index in [2.05, 4.69) is 12.1 Å². The number of hydrogen-bond donors (Lipinski definition) is 1. The van der Waals surface area contributed by atoms with E-state index in [0.29, 0.717) is 13.2 Å². The number of rotatable bonds is 5. The number of benzene rings is 2. The van der Waals surface area contributed by atoms with Gasteiger partial charge in [0.15, 0.2) is 6.79 Å². The van der Waals surface area contributed by atoms with E-state index >= 15 is 0 Å². The van der Waals surface area contributed by atoms with Gasteiger partial charge in [-0.15, -0.1) is 0 Å². The molecule has 0 bridgehead atoms. The zero-order valence-electron chi connectivity index (χ0n) is 9.98. The topological polar surface area (TPSA) is 44.5 Å². The van der Waals surface area contributed by atoms with E-state index < -0.39 is 0 Å². The molecule has 3 heteroatoms. The summed E-state index contributed by atoms with van der Waals surface area (Å²) >= 11 is 0. The lowest BCUT2D eigenvalue weighted by molar-refractivity contribution is 0.0219. The van der Waals surface area contributed by atoms with Crippen molar-refractivity contribution in [3.05, 3.63) is 42.0 Å². The molecule has 0 aromatic heterocycles. The van der Waals surface area contributed by atoms with E-state index in [1.165, 1.54) is 5.39 Å². The third kappa shape index (κ3) is 2.57. The Balaban J connectivity index is 2.35. The van der Waals surface area contributed by atoms with E-state index in [-0.39, 0.29) is 6.79 Å². The van der Waals surface area contributed by atoms with Gasteiger partial charge in [0.05, 0.1) is 0 Å². The molecule has 0 atom stereocenters. The van der Waals surface area contributed by atoms with Gasteiger partial charge in [0.2, 0.25) is 0 Å². The molecule has 90 valence electrons. The highest BCUT2D eigenvalue weighted by atomic mass is 16.7. The first kappa shape index (κ1) is 11.9. The predicted molar refractivity (Wildman–Crippen MR) is 69.0 cm³/mol. The van der Waals surface area contributed by atoms with E-state index in [0.717, 1.165) is 16.7 Å². The lowest BCUT2D eigenvalue weighted by Gasteiger charge is -2.12. The molecule has 0 spiro atoms. The lowest BCUT2D eigenvalue weighted by Crippen LogP contribution is -2.06. The highest BCUT2D eigenvalue weighted by Gasteiger charge is 2.06. The van der Waals surface area contributed by atoms with Gasteiger partial charge in [-0.1, -0.05) is 30.3 Å². The van der Waals surface area contributed by atoms with Crippen molar-refractivity contribution in [2.24, 2.45) is 5.73 Å². The van der Waals surface area contributed by atoms with Crippen LogP contribution >= 0.6 is 0 Å². The maximum absolute atomic E-state index is 5.80. The second kappa shape index (κ2) is 5.66. The van der Waals surface area contributed by atoms with Crippen LogP contribution in [0.3, 0.4) is 0 Å². The average Bonchev–Trinajstić information content (AvgIpc) is 2.38. The molecule has 0 unspecified atom stereocenters. The average molecular weight is 231 g/mol. The number of fused-ring (bicyclic) bond motifs is 1. The first-order chi connectivity index (χ1) is 8.36. The monoisotopic (exact) mass is 231 g/mol. The van der Waals surface area contributed by atoms with Gasteiger partial charge in [-0.25, -0.2) is 0 Å². The molecule has 0 saturated heterocycles. The van der Waals surface area contributed by atoms with Gasteiger partial charge in [0, 0.05) is 18.7 Å². The van der Waals surface area contributed by atoms with Crippen LogP contribution < -0.4 is 10.5 Å². The summed E-state index contributed by atoms with van der Waals surface area (Å²) < 4.78 is 10.8. The molecule has 0 aliphatic heterocycles.